The summed E-state index contributed by atoms with van der Waals surface area (Å²) in [4.78, 5) is 12.2. The van der Waals surface area contributed by atoms with Gasteiger partial charge in [-0.3, -0.25) is 4.79 Å². The van der Waals surface area contributed by atoms with Gasteiger partial charge in [-0.2, -0.15) is 0 Å². The Balaban J connectivity index is 1.76. The van der Waals surface area contributed by atoms with Gasteiger partial charge in [-0.25, -0.2) is 12.7 Å². The van der Waals surface area contributed by atoms with E-state index in [9.17, 15) is 13.2 Å². The van der Waals surface area contributed by atoms with Crippen LogP contribution in [0.4, 0.5) is 0 Å². The van der Waals surface area contributed by atoms with Crippen LogP contribution < -0.4 is 5.32 Å². The van der Waals surface area contributed by atoms with E-state index in [1.54, 1.807) is 0 Å². The summed E-state index contributed by atoms with van der Waals surface area (Å²) in [6.07, 6.45) is 10.8. The summed E-state index contributed by atoms with van der Waals surface area (Å²) in [7, 11) is -3.19. The van der Waals surface area contributed by atoms with Gasteiger partial charge in [-0.05, 0) is 44.9 Å². The average Bonchev–Trinajstić information content (AvgIpc) is 2.47. The van der Waals surface area contributed by atoms with Crippen LogP contribution in [-0.2, 0) is 14.8 Å². The van der Waals surface area contributed by atoms with Crippen molar-refractivity contribution in [1.82, 2.24) is 9.62 Å². The van der Waals surface area contributed by atoms with Gasteiger partial charge in [0.25, 0.3) is 0 Å². The highest BCUT2D eigenvalue weighted by molar-refractivity contribution is 7.88. The molecule has 2 aliphatic rings. The molecule has 1 fully saturated rings. The first-order chi connectivity index (χ1) is 9.97. The highest BCUT2D eigenvalue weighted by Crippen LogP contribution is 2.20. The number of allylic oxidation sites excluding steroid dienone is 1. The smallest absolute Gasteiger partial charge is 0.224 e. The number of nitrogens with one attached hydrogen (secondary N) is 1. The molecule has 1 amide bonds. The molecule has 5 nitrogen and oxygen atoms in total. The molecule has 1 N–H and O–H groups in total. The van der Waals surface area contributed by atoms with Crippen LogP contribution in [0.1, 0.15) is 44.9 Å². The van der Waals surface area contributed by atoms with Crippen molar-refractivity contribution in [3.8, 4) is 0 Å². The maximum absolute atomic E-state index is 12.2. The fourth-order valence-electron chi connectivity index (χ4n) is 3.08. The Morgan fingerprint density at radius 1 is 1.38 bits per heavy atom. The third-order valence-corrected chi connectivity index (χ3v) is 5.62. The Morgan fingerprint density at radius 2 is 2.19 bits per heavy atom. The summed E-state index contributed by atoms with van der Waals surface area (Å²) in [5, 5.41) is 2.97. The van der Waals surface area contributed by atoms with Crippen LogP contribution in [0.2, 0.25) is 0 Å². The first-order valence-corrected chi connectivity index (χ1v) is 9.72. The average molecular weight is 314 g/mol. The van der Waals surface area contributed by atoms with E-state index in [0.717, 1.165) is 32.1 Å². The number of rotatable bonds is 5. The zero-order valence-corrected chi connectivity index (χ0v) is 13.6. The third-order valence-electron chi connectivity index (χ3n) is 4.35. The molecule has 6 heteroatoms. The van der Waals surface area contributed by atoms with Gasteiger partial charge in [-0.15, -0.1) is 0 Å². The Kier molecular flexibility index (Phi) is 5.81. The number of piperidine rings is 1. The number of hydrogen-bond acceptors (Lipinski definition) is 3. The summed E-state index contributed by atoms with van der Waals surface area (Å²) in [6, 6.07) is 0. The minimum atomic E-state index is -3.19. The second-order valence-electron chi connectivity index (χ2n) is 6.11. The monoisotopic (exact) mass is 314 g/mol. The molecular weight excluding hydrogens is 288 g/mol. The Hall–Kier alpha value is -0.880. The predicted octanol–water partition coefficient (Wildman–Crippen LogP) is 1.66. The summed E-state index contributed by atoms with van der Waals surface area (Å²) in [5.74, 6) is -0.200. The Labute approximate surface area is 127 Å². The molecule has 0 bridgehead atoms. The number of sulfonamides is 1. The van der Waals surface area contributed by atoms with Gasteiger partial charge in [0.1, 0.15) is 0 Å². The van der Waals surface area contributed by atoms with Crippen LogP contribution in [0, 0.1) is 5.92 Å². The quantitative estimate of drug-likeness (QED) is 0.785. The first kappa shape index (κ1) is 16.5. The maximum Gasteiger partial charge on any atom is 0.224 e. The molecule has 1 atom stereocenters. The van der Waals surface area contributed by atoms with E-state index in [4.69, 9.17) is 0 Å². The Morgan fingerprint density at radius 3 is 2.86 bits per heavy atom. The topological polar surface area (TPSA) is 66.5 Å². The summed E-state index contributed by atoms with van der Waals surface area (Å²) < 4.78 is 24.5. The summed E-state index contributed by atoms with van der Waals surface area (Å²) >= 11 is 0. The lowest BCUT2D eigenvalue weighted by atomic mass is 9.96. The van der Waals surface area contributed by atoms with Crippen molar-refractivity contribution < 1.29 is 13.2 Å². The molecule has 2 rings (SSSR count). The van der Waals surface area contributed by atoms with Crippen LogP contribution in [0.3, 0.4) is 0 Å². The van der Waals surface area contributed by atoms with Crippen molar-refractivity contribution in [2.24, 2.45) is 5.92 Å². The number of carbonyl (C=O) groups is 1. The third kappa shape index (κ3) is 5.11. The Bertz CT molecular complexity index is 499. The molecule has 1 aliphatic heterocycles. The fourth-order valence-corrected chi connectivity index (χ4v) is 3.99. The van der Waals surface area contributed by atoms with Gasteiger partial charge >= 0.3 is 0 Å². The molecule has 0 spiro atoms. The second-order valence-corrected chi connectivity index (χ2v) is 8.09. The van der Waals surface area contributed by atoms with E-state index in [0.29, 0.717) is 19.6 Å². The van der Waals surface area contributed by atoms with Gasteiger partial charge in [0.2, 0.25) is 15.9 Å². The molecule has 21 heavy (non-hydrogen) atoms. The number of hydrogen-bond donors (Lipinski definition) is 1. The van der Waals surface area contributed by atoms with E-state index in [1.165, 1.54) is 29.0 Å². The molecule has 0 aromatic carbocycles. The first-order valence-electron chi connectivity index (χ1n) is 7.87. The van der Waals surface area contributed by atoms with Gasteiger partial charge in [0, 0.05) is 19.6 Å². The van der Waals surface area contributed by atoms with Crippen LogP contribution in [-0.4, -0.2) is 44.5 Å². The van der Waals surface area contributed by atoms with Gasteiger partial charge in [0.05, 0.1) is 12.2 Å². The molecule has 0 radical (unpaired) electrons. The lowest BCUT2D eigenvalue weighted by Crippen LogP contribution is -2.45. The highest BCUT2D eigenvalue weighted by atomic mass is 32.2. The van der Waals surface area contributed by atoms with E-state index < -0.39 is 10.0 Å². The zero-order chi connectivity index (χ0) is 15.3. The highest BCUT2D eigenvalue weighted by Gasteiger charge is 2.29. The van der Waals surface area contributed by atoms with Crippen LogP contribution in [0.5, 0.6) is 0 Å². The fraction of sp³-hybridized carbons (Fsp3) is 0.800. The molecule has 1 aliphatic carbocycles. The van der Waals surface area contributed by atoms with Crippen molar-refractivity contribution in [2.75, 3.05) is 25.9 Å². The van der Waals surface area contributed by atoms with Crippen molar-refractivity contribution >= 4 is 15.9 Å². The molecule has 0 saturated carbocycles. The van der Waals surface area contributed by atoms with Crippen LogP contribution in [0.15, 0.2) is 11.6 Å². The largest absolute Gasteiger partial charge is 0.356 e. The van der Waals surface area contributed by atoms with E-state index in [-0.39, 0.29) is 11.8 Å². The van der Waals surface area contributed by atoms with E-state index in [1.807, 2.05) is 0 Å². The lowest BCUT2D eigenvalue weighted by Gasteiger charge is -2.30. The van der Waals surface area contributed by atoms with Gasteiger partial charge in [0.15, 0.2) is 0 Å². The molecule has 1 saturated heterocycles. The van der Waals surface area contributed by atoms with Crippen LogP contribution >= 0.6 is 0 Å². The zero-order valence-electron chi connectivity index (χ0n) is 12.8. The normalized spacial score (nSPS) is 24.4. The predicted molar refractivity (Wildman–Crippen MR) is 83.3 cm³/mol. The number of amides is 1. The van der Waals surface area contributed by atoms with Crippen molar-refractivity contribution in [3.05, 3.63) is 11.6 Å². The summed E-state index contributed by atoms with van der Waals surface area (Å²) in [5.41, 5.74) is 1.45. The number of nitrogens with zero attached hydrogens (tertiary/aromatic N) is 1. The van der Waals surface area contributed by atoms with Crippen molar-refractivity contribution in [2.45, 2.75) is 44.9 Å². The summed E-state index contributed by atoms with van der Waals surface area (Å²) in [6.45, 7) is 1.53. The molecular formula is C15H26N2O3S. The molecule has 1 heterocycles. The van der Waals surface area contributed by atoms with Crippen LogP contribution in [0.25, 0.3) is 0 Å². The van der Waals surface area contributed by atoms with Crippen molar-refractivity contribution in [3.63, 3.8) is 0 Å². The second kappa shape index (κ2) is 7.40. The molecule has 0 aromatic heterocycles. The standard InChI is InChI=1S/C15H26N2O3S/c1-21(19,20)17-11-5-8-14(12-17)15(18)16-10-9-13-6-3-2-4-7-13/h6,14H,2-5,7-12H2,1H3,(H,16,18)/t14-/m0/s1. The van der Waals surface area contributed by atoms with Gasteiger partial charge < -0.3 is 5.32 Å². The lowest BCUT2D eigenvalue weighted by molar-refractivity contribution is -0.126. The minimum absolute atomic E-state index is 0.000223. The molecule has 120 valence electrons. The van der Waals surface area contributed by atoms with Gasteiger partial charge in [-0.1, -0.05) is 11.6 Å². The van der Waals surface area contributed by atoms with E-state index >= 15 is 0 Å². The molecule has 0 unspecified atom stereocenters. The number of carbonyl (C=O) groups excluding carboxylic acids is 1. The van der Waals surface area contributed by atoms with E-state index in [2.05, 4.69) is 11.4 Å². The molecule has 0 aromatic rings. The SMILES string of the molecule is CS(=O)(=O)N1CCC[C@H](C(=O)NCCC2=CCCCC2)C1. The van der Waals surface area contributed by atoms with Crippen molar-refractivity contribution in [1.29, 1.82) is 0 Å². The maximum atomic E-state index is 12.2. The minimum Gasteiger partial charge on any atom is -0.356 e.